The monoisotopic (exact) mass is 172 g/mol. The molecule has 0 unspecified atom stereocenters. The Morgan fingerprint density at radius 2 is 1.42 bits per heavy atom. The van der Waals surface area contributed by atoms with Crippen molar-refractivity contribution < 1.29 is 0 Å². The lowest BCUT2D eigenvalue weighted by atomic mass is 10.1. The number of hydrogen-bond donors (Lipinski definition) is 0. The molecule has 0 aromatic carbocycles. The van der Waals surface area contributed by atoms with E-state index in [9.17, 15) is 0 Å². The molecule has 0 saturated heterocycles. The average molecular weight is 172 g/mol. The fourth-order valence-electron chi connectivity index (χ4n) is 0.604. The molecule has 12 heavy (non-hydrogen) atoms. The second-order valence-corrected chi connectivity index (χ2v) is 2.21. The van der Waals surface area contributed by atoms with Crippen LogP contribution < -0.4 is 0 Å². The molecule has 0 bridgehead atoms. The molecule has 0 amide bonds. The van der Waals surface area contributed by atoms with Crippen LogP contribution in [0, 0.1) is 0 Å². The van der Waals surface area contributed by atoms with Crippen LogP contribution in [0.4, 0.5) is 0 Å². The second-order valence-electron chi connectivity index (χ2n) is 2.21. The normalized spacial score (nSPS) is 7.17. The van der Waals surface area contributed by atoms with E-state index in [1.54, 1.807) is 0 Å². The molecule has 0 aliphatic heterocycles. The predicted octanol–water partition coefficient (Wildman–Crippen LogP) is 5.20. The van der Waals surface area contributed by atoms with E-state index < -0.39 is 0 Å². The molecule has 0 heteroatoms. The largest absolute Gasteiger partial charge is 0.0999 e. The molecule has 0 aromatic heterocycles. The van der Waals surface area contributed by atoms with Crippen LogP contribution in [0.15, 0.2) is 12.2 Å². The van der Waals surface area contributed by atoms with Crippen molar-refractivity contribution in [2.24, 2.45) is 0 Å². The minimum Gasteiger partial charge on any atom is -0.0999 e. The summed E-state index contributed by atoms with van der Waals surface area (Å²) >= 11 is 0. The van der Waals surface area contributed by atoms with Crippen LogP contribution in [0.3, 0.4) is 0 Å². The van der Waals surface area contributed by atoms with E-state index >= 15 is 0 Å². The Morgan fingerprint density at radius 1 is 1.00 bits per heavy atom. The molecule has 0 aliphatic rings. The van der Waals surface area contributed by atoms with Gasteiger partial charge < -0.3 is 0 Å². The summed E-state index contributed by atoms with van der Waals surface area (Å²) in [5.74, 6) is 0. The van der Waals surface area contributed by atoms with Crippen molar-refractivity contribution in [2.75, 3.05) is 0 Å². The minimum atomic E-state index is 1.15. The van der Waals surface area contributed by atoms with Crippen molar-refractivity contribution in [3.8, 4) is 0 Å². The van der Waals surface area contributed by atoms with Gasteiger partial charge >= 0.3 is 0 Å². The molecular weight excluding hydrogens is 144 g/mol. The van der Waals surface area contributed by atoms with Gasteiger partial charge in [0.25, 0.3) is 0 Å². The van der Waals surface area contributed by atoms with E-state index in [1.165, 1.54) is 24.8 Å². The van der Waals surface area contributed by atoms with Gasteiger partial charge in [-0.15, -0.1) is 0 Å². The Labute approximate surface area is 80.1 Å². The SMILES string of the molecule is C=C(CC)CCCC.CC.CC. The number of unbranched alkanes of at least 4 members (excludes halogenated alkanes) is 1. The first-order valence-electron chi connectivity index (χ1n) is 5.47. The van der Waals surface area contributed by atoms with Crippen molar-refractivity contribution in [1.29, 1.82) is 0 Å². The summed E-state index contributed by atoms with van der Waals surface area (Å²) in [6, 6.07) is 0. The molecule has 0 nitrogen and oxygen atoms in total. The van der Waals surface area contributed by atoms with Gasteiger partial charge in [0.05, 0.1) is 0 Å². The Bertz CT molecular complexity index is 62.4. The molecule has 0 atom stereocenters. The van der Waals surface area contributed by atoms with Gasteiger partial charge in [0.2, 0.25) is 0 Å². The van der Waals surface area contributed by atoms with Gasteiger partial charge in [0.15, 0.2) is 0 Å². The third-order valence-electron chi connectivity index (χ3n) is 1.38. The van der Waals surface area contributed by atoms with Crippen LogP contribution >= 0.6 is 0 Å². The van der Waals surface area contributed by atoms with Gasteiger partial charge in [0, 0.05) is 0 Å². The van der Waals surface area contributed by atoms with E-state index in [0.717, 1.165) is 6.42 Å². The zero-order chi connectivity index (χ0) is 10.4. The predicted molar refractivity (Wildman–Crippen MR) is 61.7 cm³/mol. The summed E-state index contributed by atoms with van der Waals surface area (Å²) in [5, 5.41) is 0. The highest BCUT2D eigenvalue weighted by Gasteiger charge is 1.86. The van der Waals surface area contributed by atoms with Crippen molar-refractivity contribution >= 4 is 0 Å². The van der Waals surface area contributed by atoms with Crippen LogP contribution in [-0.2, 0) is 0 Å². The topological polar surface area (TPSA) is 0 Å². The first-order chi connectivity index (χ1) is 5.81. The number of rotatable bonds is 4. The average Bonchev–Trinajstić information content (AvgIpc) is 2.20. The Morgan fingerprint density at radius 3 is 1.67 bits per heavy atom. The van der Waals surface area contributed by atoms with Crippen LogP contribution in [0.1, 0.15) is 67.2 Å². The Kier molecular flexibility index (Phi) is 33.1. The molecule has 0 saturated carbocycles. The number of hydrogen-bond acceptors (Lipinski definition) is 0. The maximum absolute atomic E-state index is 3.91. The highest BCUT2D eigenvalue weighted by atomic mass is 13.9. The minimum absolute atomic E-state index is 1.15. The van der Waals surface area contributed by atoms with E-state index in [0.29, 0.717) is 0 Å². The van der Waals surface area contributed by atoms with Crippen molar-refractivity contribution in [3.05, 3.63) is 12.2 Å². The quantitative estimate of drug-likeness (QED) is 0.512. The van der Waals surface area contributed by atoms with Gasteiger partial charge in [-0.2, -0.15) is 0 Å². The van der Waals surface area contributed by atoms with Crippen molar-refractivity contribution in [2.45, 2.75) is 67.2 Å². The third kappa shape index (κ3) is 22.6. The van der Waals surface area contributed by atoms with E-state index in [2.05, 4.69) is 20.4 Å². The number of allylic oxidation sites excluding steroid dienone is 1. The van der Waals surface area contributed by atoms with Gasteiger partial charge in [0.1, 0.15) is 0 Å². The van der Waals surface area contributed by atoms with Crippen LogP contribution in [0.2, 0.25) is 0 Å². The molecule has 0 aliphatic carbocycles. The lowest BCUT2D eigenvalue weighted by Crippen LogP contribution is -1.76. The second kappa shape index (κ2) is 22.4. The molecule has 0 aromatic rings. The summed E-state index contributed by atoms with van der Waals surface area (Å²) in [6.07, 6.45) is 4.98. The molecular formula is C12H28. The van der Waals surface area contributed by atoms with Gasteiger partial charge in [-0.1, -0.05) is 60.1 Å². The highest BCUT2D eigenvalue weighted by molar-refractivity contribution is 4.91. The molecule has 0 fully saturated rings. The molecule has 0 rings (SSSR count). The van der Waals surface area contributed by atoms with Crippen LogP contribution in [0.25, 0.3) is 0 Å². The van der Waals surface area contributed by atoms with Crippen LogP contribution in [-0.4, -0.2) is 0 Å². The lowest BCUT2D eigenvalue weighted by molar-refractivity contribution is 0.769. The van der Waals surface area contributed by atoms with Crippen LogP contribution in [0.5, 0.6) is 0 Å². The summed E-state index contributed by atoms with van der Waals surface area (Å²) in [4.78, 5) is 0. The molecule has 0 heterocycles. The third-order valence-corrected chi connectivity index (χ3v) is 1.38. The smallest absolute Gasteiger partial charge is 0.0323 e. The Balaban J connectivity index is -0.000000175. The highest BCUT2D eigenvalue weighted by Crippen LogP contribution is 2.06. The van der Waals surface area contributed by atoms with E-state index in [-0.39, 0.29) is 0 Å². The van der Waals surface area contributed by atoms with Crippen molar-refractivity contribution in [1.82, 2.24) is 0 Å². The van der Waals surface area contributed by atoms with E-state index in [1.807, 2.05) is 27.7 Å². The molecule has 0 N–H and O–H groups in total. The molecule has 0 spiro atoms. The summed E-state index contributed by atoms with van der Waals surface area (Å²) in [6.45, 7) is 16.3. The summed E-state index contributed by atoms with van der Waals surface area (Å²) < 4.78 is 0. The van der Waals surface area contributed by atoms with E-state index in [4.69, 9.17) is 0 Å². The van der Waals surface area contributed by atoms with Gasteiger partial charge in [-0.3, -0.25) is 0 Å². The molecule has 76 valence electrons. The zero-order valence-corrected chi connectivity index (χ0v) is 10.0. The first-order valence-corrected chi connectivity index (χ1v) is 5.47. The maximum atomic E-state index is 3.91. The fourth-order valence-corrected chi connectivity index (χ4v) is 0.604. The molecule has 0 radical (unpaired) electrons. The first kappa shape index (κ1) is 17.7. The van der Waals surface area contributed by atoms with Crippen molar-refractivity contribution in [3.63, 3.8) is 0 Å². The van der Waals surface area contributed by atoms with Gasteiger partial charge in [-0.25, -0.2) is 0 Å². The Hall–Kier alpha value is -0.260. The fraction of sp³-hybridized carbons (Fsp3) is 0.833. The lowest BCUT2D eigenvalue weighted by Gasteiger charge is -1.97. The zero-order valence-electron chi connectivity index (χ0n) is 10.0. The standard InChI is InChI=1S/C8H16.2C2H6/c1-4-6-7-8(3)5-2;2*1-2/h3-7H2,1-2H3;2*1-2H3. The summed E-state index contributed by atoms with van der Waals surface area (Å²) in [5.41, 5.74) is 1.40. The van der Waals surface area contributed by atoms with Gasteiger partial charge in [-0.05, 0) is 19.3 Å². The summed E-state index contributed by atoms with van der Waals surface area (Å²) in [7, 11) is 0. The maximum Gasteiger partial charge on any atom is -0.0323 e.